The highest BCUT2D eigenvalue weighted by Gasteiger charge is 2.36. The van der Waals surface area contributed by atoms with Crippen LogP contribution >= 0.6 is 23.2 Å². The van der Waals surface area contributed by atoms with Crippen LogP contribution in [0.1, 0.15) is 43.7 Å². The maximum atomic E-state index is 14.0. The zero-order valence-electron chi connectivity index (χ0n) is 23.2. The number of sulfonamides is 1. The summed E-state index contributed by atoms with van der Waals surface area (Å²) < 4.78 is 69.0. The van der Waals surface area contributed by atoms with Crippen LogP contribution in [-0.2, 0) is 32.3 Å². The van der Waals surface area contributed by atoms with Gasteiger partial charge in [-0.2, -0.15) is 13.2 Å². The summed E-state index contributed by atoms with van der Waals surface area (Å²) in [5.74, 6) is -1.30. The lowest BCUT2D eigenvalue weighted by Crippen LogP contribution is -2.52. The second kappa shape index (κ2) is 13.6. The molecule has 13 heteroatoms. The first kappa shape index (κ1) is 32.6. The van der Waals surface area contributed by atoms with Gasteiger partial charge in [0.1, 0.15) is 12.6 Å². The number of nitrogens with one attached hydrogen (secondary N) is 1. The maximum Gasteiger partial charge on any atom is 0.416 e. The highest BCUT2D eigenvalue weighted by Crippen LogP contribution is 2.34. The molecule has 1 aliphatic rings. The van der Waals surface area contributed by atoms with E-state index in [0.29, 0.717) is 15.9 Å². The Morgan fingerprint density at radius 1 is 0.953 bits per heavy atom. The molecule has 0 saturated heterocycles. The van der Waals surface area contributed by atoms with Gasteiger partial charge >= 0.3 is 6.18 Å². The quantitative estimate of drug-likeness (QED) is 0.264. The molecular weight excluding hydrogens is 626 g/mol. The van der Waals surface area contributed by atoms with Crippen molar-refractivity contribution in [1.29, 1.82) is 0 Å². The normalized spacial score (nSPS) is 14.7. The second-order valence-corrected chi connectivity index (χ2v) is 12.9. The predicted octanol–water partition coefficient (Wildman–Crippen LogP) is 6.68. The molecule has 0 aromatic heterocycles. The molecular formula is C30H30Cl2F3N3O4S. The molecule has 1 fully saturated rings. The predicted molar refractivity (Wildman–Crippen MR) is 159 cm³/mol. The molecule has 2 amide bonds. The van der Waals surface area contributed by atoms with E-state index in [4.69, 9.17) is 23.2 Å². The molecule has 0 unspecified atom stereocenters. The van der Waals surface area contributed by atoms with Crippen molar-refractivity contribution >= 4 is 50.7 Å². The van der Waals surface area contributed by atoms with Crippen LogP contribution in [0.4, 0.5) is 18.9 Å². The third kappa shape index (κ3) is 7.82. The lowest BCUT2D eigenvalue weighted by Gasteiger charge is -2.33. The van der Waals surface area contributed by atoms with Crippen molar-refractivity contribution in [2.24, 2.45) is 0 Å². The Hall–Kier alpha value is -3.28. The number of amides is 2. The average molecular weight is 657 g/mol. The first-order valence-corrected chi connectivity index (χ1v) is 15.8. The van der Waals surface area contributed by atoms with Crippen molar-refractivity contribution in [3.05, 3.63) is 94.0 Å². The number of benzene rings is 3. The van der Waals surface area contributed by atoms with E-state index < -0.39 is 46.2 Å². The number of carbonyl (C=O) groups excluding carboxylic acids is 2. The number of halogens is 5. The maximum absolute atomic E-state index is 14.0. The summed E-state index contributed by atoms with van der Waals surface area (Å²) in [4.78, 5) is 28.2. The van der Waals surface area contributed by atoms with Gasteiger partial charge in [-0.25, -0.2) is 8.42 Å². The van der Waals surface area contributed by atoms with Crippen LogP contribution in [0.25, 0.3) is 0 Å². The third-order valence-electron chi connectivity index (χ3n) is 7.33. The molecule has 3 aromatic rings. The van der Waals surface area contributed by atoms with Gasteiger partial charge in [-0.1, -0.05) is 66.4 Å². The minimum atomic E-state index is -4.76. The summed E-state index contributed by atoms with van der Waals surface area (Å²) in [6.45, 7) is 0.341. The first-order valence-electron chi connectivity index (χ1n) is 13.6. The van der Waals surface area contributed by atoms with Gasteiger partial charge in [0.05, 0.1) is 16.1 Å². The lowest BCUT2D eigenvalue weighted by molar-refractivity contribution is -0.139. The Kier molecular flexibility index (Phi) is 10.3. The van der Waals surface area contributed by atoms with Gasteiger partial charge in [0, 0.05) is 28.2 Å². The third-order valence-corrected chi connectivity index (χ3v) is 9.83. The number of carbonyl (C=O) groups is 2. The van der Waals surface area contributed by atoms with Gasteiger partial charge in [0.2, 0.25) is 11.8 Å². The fraction of sp³-hybridized carbons (Fsp3) is 0.333. The van der Waals surface area contributed by atoms with E-state index in [-0.39, 0.29) is 33.2 Å². The van der Waals surface area contributed by atoms with E-state index in [1.807, 2.05) is 0 Å². The SMILES string of the molecule is C[C@@H](C(=O)NC1CCCC1)N(Cc1c(Cl)cccc1Cl)C(=O)CN(c1cccc(C(F)(F)F)c1)S(=O)(=O)c1ccccc1. The summed E-state index contributed by atoms with van der Waals surface area (Å²) in [5, 5.41) is 3.38. The highest BCUT2D eigenvalue weighted by molar-refractivity contribution is 7.92. The standard InChI is InChI=1S/C30H30Cl2F3N3O4S/c1-20(29(40)36-22-10-5-6-11-22)37(18-25-26(31)15-8-16-27(25)32)28(39)19-38(43(41,42)24-13-3-2-4-14-24)23-12-7-9-21(17-23)30(33,34)35/h2-4,7-9,12-17,20,22H,5-6,10-11,18-19H2,1H3,(H,36,40)/t20-/m0/s1. The number of hydrogen-bond donors (Lipinski definition) is 1. The van der Waals surface area contributed by atoms with Crippen molar-refractivity contribution in [3.8, 4) is 0 Å². The minimum Gasteiger partial charge on any atom is -0.352 e. The van der Waals surface area contributed by atoms with Gasteiger partial charge < -0.3 is 10.2 Å². The Labute approximate surface area is 258 Å². The average Bonchev–Trinajstić information content (AvgIpc) is 3.48. The van der Waals surface area contributed by atoms with E-state index in [9.17, 15) is 31.2 Å². The van der Waals surface area contributed by atoms with E-state index in [1.54, 1.807) is 24.3 Å². The van der Waals surface area contributed by atoms with Crippen molar-refractivity contribution in [2.45, 2.75) is 62.3 Å². The lowest BCUT2D eigenvalue weighted by atomic mass is 10.1. The molecule has 0 spiro atoms. The topological polar surface area (TPSA) is 86.8 Å². The summed E-state index contributed by atoms with van der Waals surface area (Å²) >= 11 is 12.8. The van der Waals surface area contributed by atoms with Gasteiger partial charge in [0.15, 0.2) is 0 Å². The molecule has 0 aliphatic heterocycles. The molecule has 7 nitrogen and oxygen atoms in total. The first-order chi connectivity index (χ1) is 20.3. The molecule has 3 aromatic carbocycles. The van der Waals surface area contributed by atoms with Crippen LogP contribution < -0.4 is 9.62 Å². The van der Waals surface area contributed by atoms with Crippen LogP contribution in [0.3, 0.4) is 0 Å². The molecule has 1 atom stereocenters. The van der Waals surface area contributed by atoms with Crippen LogP contribution in [0, 0.1) is 0 Å². The summed E-state index contributed by atoms with van der Waals surface area (Å²) in [5.41, 5.74) is -1.13. The summed E-state index contributed by atoms with van der Waals surface area (Å²) in [6, 6.07) is 14.3. The molecule has 1 N–H and O–H groups in total. The summed E-state index contributed by atoms with van der Waals surface area (Å²) in [6.07, 6.45) is -1.26. The van der Waals surface area contributed by atoms with E-state index >= 15 is 0 Å². The van der Waals surface area contributed by atoms with Gasteiger partial charge in [-0.15, -0.1) is 0 Å². The Morgan fingerprint density at radius 2 is 1.56 bits per heavy atom. The fourth-order valence-corrected chi connectivity index (χ4v) is 6.86. The van der Waals surface area contributed by atoms with Gasteiger partial charge in [0.25, 0.3) is 10.0 Å². The molecule has 0 heterocycles. The Balaban J connectivity index is 1.75. The highest BCUT2D eigenvalue weighted by atomic mass is 35.5. The van der Waals surface area contributed by atoms with Crippen LogP contribution in [0.5, 0.6) is 0 Å². The molecule has 1 saturated carbocycles. The van der Waals surface area contributed by atoms with E-state index in [0.717, 1.165) is 42.7 Å². The van der Waals surface area contributed by atoms with Crippen LogP contribution in [0.15, 0.2) is 77.7 Å². The Morgan fingerprint density at radius 3 is 2.16 bits per heavy atom. The van der Waals surface area contributed by atoms with Crippen molar-refractivity contribution < 1.29 is 31.2 Å². The van der Waals surface area contributed by atoms with Crippen LogP contribution in [0.2, 0.25) is 10.0 Å². The molecule has 4 rings (SSSR count). The van der Waals surface area contributed by atoms with Crippen molar-refractivity contribution in [1.82, 2.24) is 10.2 Å². The number of alkyl halides is 3. The molecule has 1 aliphatic carbocycles. The number of hydrogen-bond acceptors (Lipinski definition) is 4. The largest absolute Gasteiger partial charge is 0.416 e. The number of rotatable bonds is 10. The minimum absolute atomic E-state index is 0.0594. The Bertz CT molecular complexity index is 1550. The molecule has 230 valence electrons. The van der Waals surface area contributed by atoms with E-state index in [2.05, 4.69) is 5.32 Å². The summed E-state index contributed by atoms with van der Waals surface area (Å²) in [7, 11) is -4.53. The monoisotopic (exact) mass is 655 g/mol. The van der Waals surface area contributed by atoms with Crippen molar-refractivity contribution in [2.75, 3.05) is 10.8 Å². The zero-order chi connectivity index (χ0) is 31.4. The second-order valence-electron chi connectivity index (χ2n) is 10.3. The van der Waals surface area contributed by atoms with Crippen molar-refractivity contribution in [3.63, 3.8) is 0 Å². The number of anilines is 1. The van der Waals surface area contributed by atoms with Gasteiger partial charge in [-0.05, 0) is 62.2 Å². The molecule has 0 bridgehead atoms. The zero-order valence-corrected chi connectivity index (χ0v) is 25.5. The molecule has 0 radical (unpaired) electrons. The van der Waals surface area contributed by atoms with Gasteiger partial charge in [-0.3, -0.25) is 13.9 Å². The van der Waals surface area contributed by atoms with Crippen LogP contribution in [-0.4, -0.2) is 43.8 Å². The fourth-order valence-electron chi connectivity index (χ4n) is 4.91. The van der Waals surface area contributed by atoms with E-state index in [1.165, 1.54) is 37.3 Å². The smallest absolute Gasteiger partial charge is 0.352 e. The molecule has 43 heavy (non-hydrogen) atoms. The number of nitrogens with zero attached hydrogens (tertiary/aromatic N) is 2.